The predicted octanol–water partition coefficient (Wildman–Crippen LogP) is 0.389. The summed E-state index contributed by atoms with van der Waals surface area (Å²) in [6.07, 6.45) is 2.81. The molecule has 0 amide bonds. The van der Waals surface area contributed by atoms with Crippen molar-refractivity contribution in [2.45, 2.75) is 6.42 Å². The summed E-state index contributed by atoms with van der Waals surface area (Å²) in [5, 5.41) is 12.6. The van der Waals surface area contributed by atoms with Gasteiger partial charge in [0.15, 0.2) is 5.11 Å². The summed E-state index contributed by atoms with van der Waals surface area (Å²) in [5.74, 6) is 1.05. The molecule has 0 saturated carbocycles. The van der Waals surface area contributed by atoms with Crippen molar-refractivity contribution in [1.82, 2.24) is 10.2 Å². The minimum Gasteiger partial charge on any atom is -0.366 e. The molecule has 1 aliphatic rings. The number of rotatable bonds is 1. The normalized spacial score (nSPS) is 15.6. The molecular formula is C13H18N5S+. The second kappa shape index (κ2) is 6.34. The average Bonchev–Trinajstić information content (AvgIpc) is 2.72. The van der Waals surface area contributed by atoms with Crippen LogP contribution in [-0.4, -0.2) is 43.2 Å². The Morgan fingerprint density at radius 2 is 2.21 bits per heavy atom. The number of nitriles is 1. The number of nitrogens with zero attached hydrogens (tertiary/aromatic N) is 3. The fourth-order valence-corrected chi connectivity index (χ4v) is 2.39. The van der Waals surface area contributed by atoms with Crippen molar-refractivity contribution in [3.8, 4) is 6.07 Å². The topological polar surface area (TPSA) is 56.4 Å². The molecule has 2 rings (SSSR count). The van der Waals surface area contributed by atoms with E-state index in [-0.39, 0.29) is 0 Å². The quantitative estimate of drug-likeness (QED) is 0.752. The minimum atomic E-state index is 0.650. The number of H-pyrrole nitrogens is 1. The van der Waals surface area contributed by atoms with E-state index < -0.39 is 0 Å². The van der Waals surface area contributed by atoms with Crippen molar-refractivity contribution in [3.05, 3.63) is 23.9 Å². The maximum Gasteiger partial charge on any atom is 0.274 e. The van der Waals surface area contributed by atoms with Gasteiger partial charge in [0.25, 0.3) is 5.82 Å². The molecule has 1 aromatic heterocycles. The summed E-state index contributed by atoms with van der Waals surface area (Å²) < 4.78 is 0. The van der Waals surface area contributed by atoms with Crippen LogP contribution >= 0.6 is 12.2 Å². The number of hydrogen-bond acceptors (Lipinski definition) is 3. The molecule has 2 N–H and O–H groups in total. The number of hydrogen-bond donors (Lipinski definition) is 1. The molecule has 5 nitrogen and oxygen atoms in total. The van der Waals surface area contributed by atoms with Gasteiger partial charge in [0.05, 0.1) is 18.7 Å². The van der Waals surface area contributed by atoms with E-state index >= 15 is 0 Å². The zero-order chi connectivity index (χ0) is 13.7. The third-order valence-electron chi connectivity index (χ3n) is 3.26. The second-order valence-corrected chi connectivity index (χ2v) is 4.84. The zero-order valence-electron chi connectivity index (χ0n) is 11.0. The molecule has 1 aliphatic heterocycles. The van der Waals surface area contributed by atoms with E-state index in [2.05, 4.69) is 26.2 Å². The lowest BCUT2D eigenvalue weighted by molar-refractivity contribution is -0.364. The van der Waals surface area contributed by atoms with Gasteiger partial charge in [-0.05, 0) is 18.3 Å². The summed E-state index contributed by atoms with van der Waals surface area (Å²) in [5.41, 5.74) is 0.650. The highest BCUT2D eigenvalue weighted by molar-refractivity contribution is 7.80. The number of anilines is 1. The van der Waals surface area contributed by atoms with Gasteiger partial charge in [-0.3, -0.25) is 4.90 Å². The molecule has 0 aliphatic carbocycles. The van der Waals surface area contributed by atoms with Crippen molar-refractivity contribution in [2.24, 2.45) is 0 Å². The minimum absolute atomic E-state index is 0.650. The fraction of sp³-hybridized carbons (Fsp3) is 0.462. The molecule has 1 fully saturated rings. The van der Waals surface area contributed by atoms with E-state index in [4.69, 9.17) is 17.5 Å². The molecule has 0 atom stereocenters. The van der Waals surface area contributed by atoms with E-state index in [1.54, 1.807) is 6.20 Å². The fourth-order valence-electron chi connectivity index (χ4n) is 2.20. The van der Waals surface area contributed by atoms with Crippen LogP contribution in [0.1, 0.15) is 12.0 Å². The van der Waals surface area contributed by atoms with Crippen LogP contribution in [-0.2, 0) is 0 Å². The number of nitrogens with one attached hydrogen (secondary N) is 2. The lowest BCUT2D eigenvalue weighted by Gasteiger charge is -2.21. The van der Waals surface area contributed by atoms with Gasteiger partial charge in [0.1, 0.15) is 18.8 Å². The SMILES string of the molecule is CNC(=S)N1CCCN(c2ccc(C#N)c[nH+]2)CC1. The molecular weight excluding hydrogens is 258 g/mol. The first-order chi connectivity index (χ1) is 9.24. The number of pyridine rings is 1. The smallest absolute Gasteiger partial charge is 0.274 e. The van der Waals surface area contributed by atoms with Gasteiger partial charge in [-0.1, -0.05) is 0 Å². The molecule has 0 spiro atoms. The van der Waals surface area contributed by atoms with Gasteiger partial charge < -0.3 is 10.2 Å². The first-order valence-corrected chi connectivity index (χ1v) is 6.79. The first kappa shape index (κ1) is 13.6. The first-order valence-electron chi connectivity index (χ1n) is 6.38. The number of aromatic amines is 1. The van der Waals surface area contributed by atoms with Gasteiger partial charge in [-0.2, -0.15) is 5.26 Å². The molecule has 0 unspecified atom stereocenters. The molecule has 1 aromatic rings. The van der Waals surface area contributed by atoms with Crippen LogP contribution in [0.4, 0.5) is 5.82 Å². The highest BCUT2D eigenvalue weighted by Gasteiger charge is 2.21. The Bertz CT molecular complexity index is 479. The van der Waals surface area contributed by atoms with Crippen LogP contribution in [0.25, 0.3) is 0 Å². The van der Waals surface area contributed by atoms with E-state index in [0.29, 0.717) is 5.56 Å². The van der Waals surface area contributed by atoms with Gasteiger partial charge in [0.2, 0.25) is 0 Å². The Kier molecular flexibility index (Phi) is 4.53. The van der Waals surface area contributed by atoms with Gasteiger partial charge in [-0.15, -0.1) is 0 Å². The summed E-state index contributed by atoms with van der Waals surface area (Å²) in [4.78, 5) is 7.66. The molecule has 2 heterocycles. The monoisotopic (exact) mass is 276 g/mol. The Morgan fingerprint density at radius 3 is 2.84 bits per heavy atom. The zero-order valence-corrected chi connectivity index (χ0v) is 11.8. The van der Waals surface area contributed by atoms with Crippen molar-refractivity contribution in [2.75, 3.05) is 38.1 Å². The van der Waals surface area contributed by atoms with Crippen LogP contribution < -0.4 is 15.2 Å². The summed E-state index contributed by atoms with van der Waals surface area (Å²) >= 11 is 5.28. The van der Waals surface area contributed by atoms with Gasteiger partial charge >= 0.3 is 0 Å². The second-order valence-electron chi connectivity index (χ2n) is 4.46. The molecule has 6 heteroatoms. The lowest BCUT2D eigenvalue weighted by Crippen LogP contribution is -2.40. The lowest BCUT2D eigenvalue weighted by atomic mass is 10.3. The van der Waals surface area contributed by atoms with Crippen molar-refractivity contribution < 1.29 is 4.98 Å². The standard InChI is InChI=1S/C13H17N5S/c1-15-13(19)18-6-2-5-17(7-8-18)12-4-3-11(9-14)10-16-12/h3-4,10H,2,5-8H2,1H3,(H,15,19)/p+1. The molecule has 0 aromatic carbocycles. The number of thiocarbonyl (C=S) groups is 1. The highest BCUT2D eigenvalue weighted by atomic mass is 32.1. The van der Waals surface area contributed by atoms with E-state index in [1.165, 1.54) is 0 Å². The molecule has 19 heavy (non-hydrogen) atoms. The maximum atomic E-state index is 8.80. The van der Waals surface area contributed by atoms with Crippen LogP contribution in [0.3, 0.4) is 0 Å². The Balaban J connectivity index is 2.02. The van der Waals surface area contributed by atoms with Crippen LogP contribution in [0.2, 0.25) is 0 Å². The van der Waals surface area contributed by atoms with Crippen LogP contribution in [0.5, 0.6) is 0 Å². The third-order valence-corrected chi connectivity index (χ3v) is 3.73. The Hall–Kier alpha value is -1.87. The van der Waals surface area contributed by atoms with E-state index in [0.717, 1.165) is 43.5 Å². The molecule has 1 saturated heterocycles. The largest absolute Gasteiger partial charge is 0.366 e. The molecule has 0 radical (unpaired) electrons. The number of aromatic nitrogens is 1. The average molecular weight is 276 g/mol. The highest BCUT2D eigenvalue weighted by Crippen LogP contribution is 2.11. The summed E-state index contributed by atoms with van der Waals surface area (Å²) in [6.45, 7) is 3.80. The predicted molar refractivity (Wildman–Crippen MR) is 77.8 cm³/mol. The van der Waals surface area contributed by atoms with Crippen molar-refractivity contribution in [3.63, 3.8) is 0 Å². The molecule has 0 bridgehead atoms. The maximum absolute atomic E-state index is 8.80. The third kappa shape index (κ3) is 3.32. The van der Waals surface area contributed by atoms with Crippen LogP contribution in [0.15, 0.2) is 18.3 Å². The van der Waals surface area contributed by atoms with Crippen molar-refractivity contribution in [1.29, 1.82) is 5.26 Å². The van der Waals surface area contributed by atoms with E-state index in [1.807, 2.05) is 19.2 Å². The van der Waals surface area contributed by atoms with Gasteiger partial charge in [-0.25, -0.2) is 4.98 Å². The Labute approximate surface area is 118 Å². The van der Waals surface area contributed by atoms with Gasteiger partial charge in [0, 0.05) is 26.1 Å². The molecule has 100 valence electrons. The van der Waals surface area contributed by atoms with Crippen LogP contribution in [0, 0.1) is 11.3 Å². The van der Waals surface area contributed by atoms with Crippen molar-refractivity contribution >= 4 is 23.1 Å². The summed E-state index contributed by atoms with van der Waals surface area (Å²) in [7, 11) is 1.86. The van der Waals surface area contributed by atoms with E-state index in [9.17, 15) is 0 Å². The Morgan fingerprint density at radius 1 is 1.37 bits per heavy atom. The summed E-state index contributed by atoms with van der Waals surface area (Å²) in [6, 6.07) is 5.92.